The fraction of sp³-hybridized carbons (Fsp3) is 0.267. The zero-order chi connectivity index (χ0) is 15.2. The van der Waals surface area contributed by atoms with Gasteiger partial charge in [-0.05, 0) is 19.4 Å². The van der Waals surface area contributed by atoms with Gasteiger partial charge in [-0.15, -0.1) is 0 Å². The maximum absolute atomic E-state index is 11.0. The van der Waals surface area contributed by atoms with Gasteiger partial charge in [-0.1, -0.05) is 30.3 Å². The Bertz CT molecular complexity index is 630. The lowest BCUT2D eigenvalue weighted by Gasteiger charge is -2.09. The minimum Gasteiger partial charge on any atom is -0.297 e. The van der Waals surface area contributed by atoms with E-state index in [1.165, 1.54) is 6.20 Å². The SMILES string of the molecule is Cc1cnc(CNOCc2ccccc2)c(C)c1[N+](=O)[O-]. The monoisotopic (exact) mass is 287 g/mol. The number of aromatic nitrogens is 1. The van der Waals surface area contributed by atoms with Crippen LogP contribution in [0.15, 0.2) is 36.5 Å². The number of hydrogen-bond donors (Lipinski definition) is 1. The third-order valence-corrected chi connectivity index (χ3v) is 3.18. The summed E-state index contributed by atoms with van der Waals surface area (Å²) in [5.74, 6) is 0. The van der Waals surface area contributed by atoms with Gasteiger partial charge >= 0.3 is 0 Å². The molecule has 1 aromatic carbocycles. The van der Waals surface area contributed by atoms with Crippen LogP contribution in [-0.2, 0) is 18.0 Å². The summed E-state index contributed by atoms with van der Waals surface area (Å²) in [5.41, 5.74) is 5.69. The molecular weight excluding hydrogens is 270 g/mol. The average molecular weight is 287 g/mol. The number of rotatable bonds is 6. The topological polar surface area (TPSA) is 77.3 Å². The van der Waals surface area contributed by atoms with E-state index in [9.17, 15) is 10.1 Å². The quantitative estimate of drug-likeness (QED) is 0.502. The molecule has 2 aromatic rings. The molecule has 0 aliphatic rings. The van der Waals surface area contributed by atoms with Crippen LogP contribution in [0.4, 0.5) is 5.69 Å². The van der Waals surface area contributed by atoms with Crippen molar-refractivity contribution in [1.29, 1.82) is 0 Å². The molecule has 6 heteroatoms. The van der Waals surface area contributed by atoms with Crippen molar-refractivity contribution >= 4 is 5.69 Å². The van der Waals surface area contributed by atoms with Crippen molar-refractivity contribution in [3.05, 3.63) is 69.0 Å². The van der Waals surface area contributed by atoms with Gasteiger partial charge in [0.15, 0.2) is 0 Å². The van der Waals surface area contributed by atoms with E-state index in [1.807, 2.05) is 30.3 Å². The van der Waals surface area contributed by atoms with Crippen molar-refractivity contribution in [2.45, 2.75) is 27.0 Å². The number of nitro groups is 1. The maximum atomic E-state index is 11.0. The predicted octanol–water partition coefficient (Wildman–Crippen LogP) is 2.83. The Morgan fingerprint density at radius 1 is 1.29 bits per heavy atom. The van der Waals surface area contributed by atoms with Crippen LogP contribution in [0, 0.1) is 24.0 Å². The molecule has 110 valence electrons. The molecule has 1 N–H and O–H groups in total. The highest BCUT2D eigenvalue weighted by atomic mass is 16.6. The van der Waals surface area contributed by atoms with Crippen LogP contribution in [0.2, 0.25) is 0 Å². The lowest BCUT2D eigenvalue weighted by molar-refractivity contribution is -0.386. The van der Waals surface area contributed by atoms with Gasteiger partial charge in [0.25, 0.3) is 5.69 Å². The number of nitrogens with one attached hydrogen (secondary N) is 1. The van der Waals surface area contributed by atoms with Crippen molar-refractivity contribution in [3.63, 3.8) is 0 Å². The molecule has 2 rings (SSSR count). The summed E-state index contributed by atoms with van der Waals surface area (Å²) in [7, 11) is 0. The summed E-state index contributed by atoms with van der Waals surface area (Å²) in [5, 5.41) is 11.0. The lowest BCUT2D eigenvalue weighted by atomic mass is 10.1. The minimum atomic E-state index is -0.374. The van der Waals surface area contributed by atoms with Crippen LogP contribution in [0.1, 0.15) is 22.4 Å². The summed E-state index contributed by atoms with van der Waals surface area (Å²) in [6.07, 6.45) is 1.51. The molecule has 6 nitrogen and oxygen atoms in total. The largest absolute Gasteiger partial charge is 0.297 e. The van der Waals surface area contributed by atoms with Gasteiger partial charge in [0.05, 0.1) is 23.8 Å². The van der Waals surface area contributed by atoms with E-state index < -0.39 is 0 Å². The first-order chi connectivity index (χ1) is 10.1. The average Bonchev–Trinajstić information content (AvgIpc) is 2.46. The smallest absolute Gasteiger partial charge is 0.278 e. The van der Waals surface area contributed by atoms with Crippen molar-refractivity contribution in [2.24, 2.45) is 0 Å². The van der Waals surface area contributed by atoms with E-state index in [-0.39, 0.29) is 10.6 Å². The summed E-state index contributed by atoms with van der Waals surface area (Å²) in [6.45, 7) is 4.13. The number of hydrogen-bond acceptors (Lipinski definition) is 5. The Balaban J connectivity index is 1.95. The first-order valence-electron chi connectivity index (χ1n) is 6.57. The maximum Gasteiger partial charge on any atom is 0.278 e. The second-order valence-corrected chi connectivity index (χ2v) is 4.71. The Hall–Kier alpha value is -2.31. The zero-order valence-corrected chi connectivity index (χ0v) is 12.0. The van der Waals surface area contributed by atoms with E-state index in [4.69, 9.17) is 4.84 Å². The number of hydroxylamine groups is 1. The third-order valence-electron chi connectivity index (χ3n) is 3.18. The summed E-state index contributed by atoms with van der Waals surface area (Å²) in [6, 6.07) is 9.74. The third kappa shape index (κ3) is 3.84. The summed E-state index contributed by atoms with van der Waals surface area (Å²) in [4.78, 5) is 20.2. The van der Waals surface area contributed by atoms with Gasteiger partial charge in [-0.25, -0.2) is 0 Å². The summed E-state index contributed by atoms with van der Waals surface area (Å²) < 4.78 is 0. The molecule has 0 unspecified atom stereocenters. The predicted molar refractivity (Wildman–Crippen MR) is 78.4 cm³/mol. The Morgan fingerprint density at radius 3 is 2.67 bits per heavy atom. The van der Waals surface area contributed by atoms with Crippen molar-refractivity contribution < 1.29 is 9.76 Å². The number of aryl methyl sites for hydroxylation is 1. The highest BCUT2D eigenvalue weighted by Gasteiger charge is 2.18. The fourth-order valence-electron chi connectivity index (χ4n) is 2.05. The van der Waals surface area contributed by atoms with E-state index in [2.05, 4.69) is 10.5 Å². The zero-order valence-electron chi connectivity index (χ0n) is 12.0. The first kappa shape index (κ1) is 15.1. The van der Waals surface area contributed by atoms with Crippen LogP contribution in [-0.4, -0.2) is 9.91 Å². The van der Waals surface area contributed by atoms with Gasteiger partial charge in [0.2, 0.25) is 0 Å². The van der Waals surface area contributed by atoms with Crippen molar-refractivity contribution in [1.82, 2.24) is 10.5 Å². The van der Waals surface area contributed by atoms with Crippen molar-refractivity contribution in [2.75, 3.05) is 0 Å². The van der Waals surface area contributed by atoms with Gasteiger partial charge in [-0.3, -0.25) is 19.9 Å². The molecule has 0 fully saturated rings. The Kier molecular flexibility index (Phi) is 4.97. The molecular formula is C15H17N3O3. The molecule has 1 heterocycles. The van der Waals surface area contributed by atoms with Crippen LogP contribution in [0.5, 0.6) is 0 Å². The molecule has 0 atom stereocenters. The summed E-state index contributed by atoms with van der Waals surface area (Å²) >= 11 is 0. The molecule has 21 heavy (non-hydrogen) atoms. The highest BCUT2D eigenvalue weighted by molar-refractivity contribution is 5.47. The molecule has 0 saturated carbocycles. The standard InChI is InChI=1S/C15H17N3O3/c1-11-8-16-14(12(2)15(11)18(19)20)9-17-21-10-13-6-4-3-5-7-13/h3-8,17H,9-10H2,1-2H3. The van der Waals surface area contributed by atoms with E-state index in [1.54, 1.807) is 13.8 Å². The molecule has 0 bridgehead atoms. The van der Waals surface area contributed by atoms with E-state index >= 15 is 0 Å². The normalized spacial score (nSPS) is 10.6. The van der Waals surface area contributed by atoms with Crippen LogP contribution >= 0.6 is 0 Å². The van der Waals surface area contributed by atoms with Gasteiger partial charge in [0.1, 0.15) is 0 Å². The first-order valence-corrected chi connectivity index (χ1v) is 6.57. The van der Waals surface area contributed by atoms with Gasteiger partial charge in [-0.2, -0.15) is 5.48 Å². The van der Waals surface area contributed by atoms with E-state index in [0.717, 1.165) is 5.56 Å². The highest BCUT2D eigenvalue weighted by Crippen LogP contribution is 2.23. The molecule has 0 spiro atoms. The van der Waals surface area contributed by atoms with Crippen LogP contribution in [0.3, 0.4) is 0 Å². The fourth-order valence-corrected chi connectivity index (χ4v) is 2.05. The number of benzene rings is 1. The second kappa shape index (κ2) is 6.92. The lowest BCUT2D eigenvalue weighted by Crippen LogP contribution is -2.16. The number of nitrogens with zero attached hydrogens (tertiary/aromatic N) is 2. The molecule has 0 aliphatic heterocycles. The molecule has 0 saturated heterocycles. The molecule has 0 aliphatic carbocycles. The minimum absolute atomic E-state index is 0.116. The molecule has 0 amide bonds. The molecule has 0 radical (unpaired) electrons. The van der Waals surface area contributed by atoms with Crippen LogP contribution < -0.4 is 5.48 Å². The second-order valence-electron chi connectivity index (χ2n) is 4.71. The number of pyridine rings is 1. The molecule has 1 aromatic heterocycles. The van der Waals surface area contributed by atoms with Gasteiger partial charge < -0.3 is 0 Å². The van der Waals surface area contributed by atoms with Crippen LogP contribution in [0.25, 0.3) is 0 Å². The van der Waals surface area contributed by atoms with Gasteiger partial charge in [0, 0.05) is 17.3 Å². The van der Waals surface area contributed by atoms with Crippen molar-refractivity contribution in [3.8, 4) is 0 Å². The van der Waals surface area contributed by atoms with E-state index in [0.29, 0.717) is 30.0 Å². The Labute approximate surface area is 122 Å². The Morgan fingerprint density at radius 2 is 2.00 bits per heavy atom.